The summed E-state index contributed by atoms with van der Waals surface area (Å²) in [4.78, 5) is 24.9. The monoisotopic (exact) mass is 417 g/mol. The Hall–Kier alpha value is -3.13. The number of rotatable bonds is 9. The quantitative estimate of drug-likeness (QED) is 0.379. The van der Waals surface area contributed by atoms with E-state index in [0.717, 1.165) is 4.90 Å². The van der Waals surface area contributed by atoms with Crippen molar-refractivity contribution in [3.05, 3.63) is 48.0 Å². The number of carbonyl (C=O) groups excluding carboxylic acids is 2. The molecule has 0 saturated carbocycles. The first-order valence-corrected chi connectivity index (χ1v) is 9.82. The first-order chi connectivity index (χ1) is 14.0. The second kappa shape index (κ2) is 11.0. The number of esters is 1. The van der Waals surface area contributed by atoms with Crippen molar-refractivity contribution in [1.29, 1.82) is 0 Å². The van der Waals surface area contributed by atoms with Crippen LogP contribution in [0, 0.1) is 0 Å². The van der Waals surface area contributed by atoms with Crippen LogP contribution in [-0.2, 0) is 14.3 Å². The molecule has 0 aliphatic carbocycles. The standard InChI is InChI=1S/C21H23NO6S/c1-25-17-10-14(11-18(26-2)21(17)27-3)8-9-20(24)28-13-19(23)22-15-6-5-7-16(12-15)29-4/h5-12H,13H2,1-4H3,(H,22,23)/b9-8+. The second-order valence-electron chi connectivity index (χ2n) is 5.68. The van der Waals surface area contributed by atoms with Gasteiger partial charge in [0.25, 0.3) is 5.91 Å². The minimum Gasteiger partial charge on any atom is -0.493 e. The average molecular weight is 417 g/mol. The average Bonchev–Trinajstić information content (AvgIpc) is 2.75. The van der Waals surface area contributed by atoms with Gasteiger partial charge in [-0.05, 0) is 48.2 Å². The van der Waals surface area contributed by atoms with E-state index >= 15 is 0 Å². The van der Waals surface area contributed by atoms with Crippen molar-refractivity contribution in [3.8, 4) is 17.2 Å². The summed E-state index contributed by atoms with van der Waals surface area (Å²) >= 11 is 1.57. The molecular formula is C21H23NO6S. The number of hydrogen-bond donors (Lipinski definition) is 1. The first kappa shape index (κ1) is 22.2. The number of carbonyl (C=O) groups is 2. The number of anilines is 1. The highest BCUT2D eigenvalue weighted by Gasteiger charge is 2.12. The molecule has 0 fully saturated rings. The molecule has 1 amide bonds. The van der Waals surface area contributed by atoms with Gasteiger partial charge in [0.1, 0.15) is 0 Å². The fourth-order valence-corrected chi connectivity index (χ4v) is 2.90. The fourth-order valence-electron chi connectivity index (χ4n) is 2.44. The Morgan fingerprint density at radius 3 is 2.31 bits per heavy atom. The van der Waals surface area contributed by atoms with E-state index in [9.17, 15) is 9.59 Å². The van der Waals surface area contributed by atoms with Crippen molar-refractivity contribution >= 4 is 35.4 Å². The highest BCUT2D eigenvalue weighted by Crippen LogP contribution is 2.38. The molecule has 154 valence electrons. The Balaban J connectivity index is 1.94. The van der Waals surface area contributed by atoms with Gasteiger partial charge in [-0.15, -0.1) is 11.8 Å². The third-order valence-corrected chi connectivity index (χ3v) is 4.52. The lowest BCUT2D eigenvalue weighted by Gasteiger charge is -2.12. The summed E-state index contributed by atoms with van der Waals surface area (Å²) in [5, 5.41) is 2.69. The molecule has 0 aromatic heterocycles. The molecule has 0 aliphatic heterocycles. The van der Waals surface area contributed by atoms with Crippen LogP contribution in [0.1, 0.15) is 5.56 Å². The van der Waals surface area contributed by atoms with Gasteiger partial charge >= 0.3 is 5.97 Å². The van der Waals surface area contributed by atoms with Gasteiger partial charge in [0, 0.05) is 16.7 Å². The van der Waals surface area contributed by atoms with Crippen LogP contribution in [0.25, 0.3) is 6.08 Å². The predicted octanol–water partition coefficient (Wildman–Crippen LogP) is 3.63. The van der Waals surface area contributed by atoms with Crippen LogP contribution in [0.5, 0.6) is 17.2 Å². The van der Waals surface area contributed by atoms with E-state index in [4.69, 9.17) is 18.9 Å². The molecule has 0 radical (unpaired) electrons. The van der Waals surface area contributed by atoms with E-state index in [1.807, 2.05) is 24.5 Å². The summed E-state index contributed by atoms with van der Waals surface area (Å²) in [6.07, 6.45) is 4.71. The maximum atomic E-state index is 12.0. The maximum absolute atomic E-state index is 12.0. The SMILES string of the molecule is COc1cc(/C=C/C(=O)OCC(=O)Nc2cccc(SC)c2)cc(OC)c1OC. The summed E-state index contributed by atoms with van der Waals surface area (Å²) in [6, 6.07) is 10.8. The lowest BCUT2D eigenvalue weighted by Crippen LogP contribution is -2.20. The topological polar surface area (TPSA) is 83.1 Å². The fraction of sp³-hybridized carbons (Fsp3) is 0.238. The van der Waals surface area contributed by atoms with Crippen molar-refractivity contribution in [2.24, 2.45) is 0 Å². The van der Waals surface area contributed by atoms with Crippen LogP contribution in [0.15, 0.2) is 47.4 Å². The molecule has 8 heteroatoms. The van der Waals surface area contributed by atoms with Gasteiger partial charge in [-0.25, -0.2) is 4.79 Å². The zero-order valence-corrected chi connectivity index (χ0v) is 17.5. The molecule has 0 spiro atoms. The van der Waals surface area contributed by atoms with Gasteiger partial charge in [0.05, 0.1) is 21.3 Å². The highest BCUT2D eigenvalue weighted by atomic mass is 32.2. The molecule has 2 aromatic rings. The number of methoxy groups -OCH3 is 3. The number of ether oxygens (including phenoxy) is 4. The Bertz CT molecular complexity index is 871. The summed E-state index contributed by atoms with van der Waals surface area (Å²) in [5.41, 5.74) is 1.29. The van der Waals surface area contributed by atoms with E-state index in [1.54, 1.807) is 30.0 Å². The summed E-state index contributed by atoms with van der Waals surface area (Å²) in [7, 11) is 4.52. The zero-order valence-electron chi connectivity index (χ0n) is 16.7. The molecule has 0 unspecified atom stereocenters. The van der Waals surface area contributed by atoms with Crippen LogP contribution in [0.3, 0.4) is 0 Å². The number of hydrogen-bond acceptors (Lipinski definition) is 7. The molecular weight excluding hydrogens is 394 g/mol. The Morgan fingerprint density at radius 1 is 1.03 bits per heavy atom. The van der Waals surface area contributed by atoms with Crippen LogP contribution in [0.4, 0.5) is 5.69 Å². The Morgan fingerprint density at radius 2 is 1.72 bits per heavy atom. The maximum Gasteiger partial charge on any atom is 0.331 e. The van der Waals surface area contributed by atoms with E-state index in [-0.39, 0.29) is 6.61 Å². The molecule has 1 N–H and O–H groups in total. The Labute approximate surface area is 174 Å². The third kappa shape index (κ3) is 6.46. The van der Waals surface area contributed by atoms with Crippen LogP contribution < -0.4 is 19.5 Å². The third-order valence-electron chi connectivity index (χ3n) is 3.80. The van der Waals surface area contributed by atoms with Crippen LogP contribution in [-0.4, -0.2) is 46.1 Å². The van der Waals surface area contributed by atoms with E-state index < -0.39 is 11.9 Å². The van der Waals surface area contributed by atoms with Crippen LogP contribution in [0.2, 0.25) is 0 Å². The molecule has 0 aliphatic rings. The van der Waals surface area contributed by atoms with E-state index in [0.29, 0.717) is 28.5 Å². The van der Waals surface area contributed by atoms with Gasteiger partial charge < -0.3 is 24.3 Å². The van der Waals surface area contributed by atoms with Gasteiger partial charge in [-0.3, -0.25) is 4.79 Å². The number of nitrogens with one attached hydrogen (secondary N) is 1. The van der Waals surface area contributed by atoms with Gasteiger partial charge in [-0.1, -0.05) is 6.07 Å². The minimum absolute atomic E-state index is 0.387. The number of benzene rings is 2. The van der Waals surface area contributed by atoms with Gasteiger partial charge in [0.2, 0.25) is 5.75 Å². The lowest BCUT2D eigenvalue weighted by atomic mass is 10.1. The number of amides is 1. The molecule has 0 atom stereocenters. The van der Waals surface area contributed by atoms with Crippen molar-refractivity contribution in [1.82, 2.24) is 0 Å². The van der Waals surface area contributed by atoms with Gasteiger partial charge in [0.15, 0.2) is 18.1 Å². The molecule has 2 aromatic carbocycles. The highest BCUT2D eigenvalue weighted by molar-refractivity contribution is 7.98. The van der Waals surface area contributed by atoms with Crippen LogP contribution >= 0.6 is 11.8 Å². The normalized spacial score (nSPS) is 10.5. The molecule has 29 heavy (non-hydrogen) atoms. The van der Waals surface area contributed by atoms with E-state index in [2.05, 4.69) is 5.32 Å². The largest absolute Gasteiger partial charge is 0.493 e. The van der Waals surface area contributed by atoms with Crippen molar-refractivity contribution in [2.75, 3.05) is 39.5 Å². The summed E-state index contributed by atoms with van der Waals surface area (Å²) in [5.74, 6) is 0.319. The van der Waals surface area contributed by atoms with Crippen molar-refractivity contribution in [2.45, 2.75) is 4.90 Å². The second-order valence-corrected chi connectivity index (χ2v) is 6.56. The Kier molecular flexibility index (Phi) is 8.42. The van der Waals surface area contributed by atoms with Crippen molar-refractivity contribution < 1.29 is 28.5 Å². The lowest BCUT2D eigenvalue weighted by molar-refractivity contribution is -0.142. The summed E-state index contributed by atoms with van der Waals surface area (Å²) in [6.45, 7) is -0.387. The van der Waals surface area contributed by atoms with E-state index in [1.165, 1.54) is 33.5 Å². The molecule has 0 saturated heterocycles. The minimum atomic E-state index is -0.647. The molecule has 2 rings (SSSR count). The first-order valence-electron chi connectivity index (χ1n) is 8.59. The number of thioether (sulfide) groups is 1. The smallest absolute Gasteiger partial charge is 0.331 e. The van der Waals surface area contributed by atoms with Crippen molar-refractivity contribution in [3.63, 3.8) is 0 Å². The predicted molar refractivity (Wildman–Crippen MR) is 113 cm³/mol. The molecule has 0 bridgehead atoms. The molecule has 0 heterocycles. The molecule has 7 nitrogen and oxygen atoms in total. The summed E-state index contributed by atoms with van der Waals surface area (Å²) < 4.78 is 20.8. The van der Waals surface area contributed by atoms with Gasteiger partial charge in [-0.2, -0.15) is 0 Å². The zero-order chi connectivity index (χ0) is 21.2.